The fourth-order valence-corrected chi connectivity index (χ4v) is 4.60. The van der Waals surface area contributed by atoms with Gasteiger partial charge in [0.25, 0.3) is 0 Å². The third kappa shape index (κ3) is 18.6. The number of ether oxygens (including phenoxy) is 4. The SMILES string of the molecule is CC(C)CCCCCOC(=O)c1ccccc1C(=O)OCCCCCC(C)C.CCCCOC(=O)c1ccccc1C(=O)OCCCC. The Kier molecular flexibility index (Phi) is 23.2. The summed E-state index contributed by atoms with van der Waals surface area (Å²) < 4.78 is 21.0. The average molecular weight is 669 g/mol. The van der Waals surface area contributed by atoms with Gasteiger partial charge in [0.05, 0.1) is 48.7 Å². The van der Waals surface area contributed by atoms with E-state index in [1.807, 2.05) is 13.8 Å². The molecule has 0 bridgehead atoms. The molecular weight excluding hydrogens is 608 g/mol. The normalized spacial score (nSPS) is 10.7. The van der Waals surface area contributed by atoms with Gasteiger partial charge in [-0.05, 0) is 61.8 Å². The van der Waals surface area contributed by atoms with Crippen molar-refractivity contribution in [2.24, 2.45) is 11.8 Å². The largest absolute Gasteiger partial charge is 0.462 e. The standard InChI is InChI=1S/C24H38O4.C16H22O4/c1-19(2)13-7-5-11-17-27-23(25)21-15-9-10-16-22(21)24(26)28-18-12-6-8-14-20(3)4;1-3-5-11-19-15(17)13-9-7-8-10-14(13)16(18)20-12-6-4-2/h9-10,15-16,19-20H,5-8,11-14,17-18H2,1-4H3;7-10H,3-6,11-12H2,1-2H3. The molecule has 2 aromatic rings. The summed E-state index contributed by atoms with van der Waals surface area (Å²) in [7, 11) is 0. The van der Waals surface area contributed by atoms with E-state index in [4.69, 9.17) is 18.9 Å². The van der Waals surface area contributed by atoms with Crippen molar-refractivity contribution in [2.45, 2.75) is 119 Å². The molecule has 0 radical (unpaired) electrons. The molecular formula is C40H60O8. The topological polar surface area (TPSA) is 105 Å². The monoisotopic (exact) mass is 668 g/mol. The summed E-state index contributed by atoms with van der Waals surface area (Å²) in [6.07, 6.45) is 12.0. The smallest absolute Gasteiger partial charge is 0.339 e. The summed E-state index contributed by atoms with van der Waals surface area (Å²) in [4.78, 5) is 48.6. The maximum atomic E-state index is 12.4. The van der Waals surface area contributed by atoms with E-state index >= 15 is 0 Å². The van der Waals surface area contributed by atoms with Gasteiger partial charge in [-0.15, -0.1) is 0 Å². The number of rotatable bonds is 22. The van der Waals surface area contributed by atoms with Gasteiger partial charge in [0, 0.05) is 0 Å². The molecule has 8 heteroatoms. The van der Waals surface area contributed by atoms with E-state index in [9.17, 15) is 19.2 Å². The Balaban J connectivity index is 0.000000507. The van der Waals surface area contributed by atoms with Gasteiger partial charge in [-0.25, -0.2) is 19.2 Å². The summed E-state index contributed by atoms with van der Waals surface area (Å²) in [6.45, 7) is 14.4. The zero-order chi connectivity index (χ0) is 35.6. The molecule has 0 aromatic heterocycles. The van der Waals surface area contributed by atoms with Crippen LogP contribution in [0, 0.1) is 11.8 Å². The van der Waals surface area contributed by atoms with Crippen LogP contribution in [0.15, 0.2) is 48.5 Å². The minimum absolute atomic E-state index is 0.269. The van der Waals surface area contributed by atoms with Crippen molar-refractivity contribution >= 4 is 23.9 Å². The van der Waals surface area contributed by atoms with Crippen molar-refractivity contribution in [3.8, 4) is 0 Å². The molecule has 0 aliphatic heterocycles. The molecule has 0 fully saturated rings. The lowest BCUT2D eigenvalue weighted by Crippen LogP contribution is -2.15. The van der Waals surface area contributed by atoms with Gasteiger partial charge in [-0.3, -0.25) is 0 Å². The minimum atomic E-state index is -0.471. The first-order valence-electron chi connectivity index (χ1n) is 18.0. The number of benzene rings is 2. The summed E-state index contributed by atoms with van der Waals surface area (Å²) in [5.41, 5.74) is 1.11. The molecule has 0 atom stereocenters. The van der Waals surface area contributed by atoms with E-state index in [0.29, 0.717) is 38.3 Å². The molecule has 268 valence electrons. The van der Waals surface area contributed by atoms with Gasteiger partial charge in [-0.1, -0.05) is 117 Å². The molecule has 0 aliphatic rings. The van der Waals surface area contributed by atoms with E-state index in [2.05, 4.69) is 27.7 Å². The second kappa shape index (κ2) is 26.3. The van der Waals surface area contributed by atoms with E-state index in [1.54, 1.807) is 48.5 Å². The Labute approximate surface area is 289 Å². The Morgan fingerprint density at radius 1 is 0.438 bits per heavy atom. The van der Waals surface area contributed by atoms with Crippen molar-refractivity contribution in [1.82, 2.24) is 0 Å². The molecule has 0 unspecified atom stereocenters. The molecule has 0 N–H and O–H groups in total. The molecule has 0 saturated heterocycles. The summed E-state index contributed by atoms with van der Waals surface area (Å²) in [5, 5.41) is 0. The van der Waals surface area contributed by atoms with E-state index in [1.165, 1.54) is 12.8 Å². The lowest BCUT2D eigenvalue weighted by molar-refractivity contribution is 0.0450. The van der Waals surface area contributed by atoms with Crippen LogP contribution in [0.25, 0.3) is 0 Å². The van der Waals surface area contributed by atoms with Crippen molar-refractivity contribution in [3.05, 3.63) is 70.8 Å². The van der Waals surface area contributed by atoms with Crippen LogP contribution >= 0.6 is 0 Å². The van der Waals surface area contributed by atoms with Gasteiger partial charge in [-0.2, -0.15) is 0 Å². The highest BCUT2D eigenvalue weighted by Gasteiger charge is 2.20. The number of unbranched alkanes of at least 4 members (excludes halogenated alkanes) is 6. The zero-order valence-electron chi connectivity index (χ0n) is 30.4. The van der Waals surface area contributed by atoms with Gasteiger partial charge in [0.15, 0.2) is 0 Å². The van der Waals surface area contributed by atoms with Crippen LogP contribution in [0.1, 0.15) is 160 Å². The molecule has 0 saturated carbocycles. The van der Waals surface area contributed by atoms with Crippen LogP contribution in [-0.2, 0) is 18.9 Å². The van der Waals surface area contributed by atoms with E-state index in [0.717, 1.165) is 64.2 Å². The Hall–Kier alpha value is -3.68. The first-order valence-corrected chi connectivity index (χ1v) is 18.0. The van der Waals surface area contributed by atoms with Crippen molar-refractivity contribution in [2.75, 3.05) is 26.4 Å². The third-order valence-electron chi connectivity index (χ3n) is 7.51. The zero-order valence-corrected chi connectivity index (χ0v) is 30.4. The lowest BCUT2D eigenvalue weighted by atomic mass is 10.1. The van der Waals surface area contributed by atoms with Crippen LogP contribution in [0.5, 0.6) is 0 Å². The lowest BCUT2D eigenvalue weighted by Gasteiger charge is -2.10. The minimum Gasteiger partial charge on any atom is -0.462 e. The Bertz CT molecular complexity index is 1110. The van der Waals surface area contributed by atoms with Crippen LogP contribution in [-0.4, -0.2) is 50.3 Å². The maximum absolute atomic E-state index is 12.4. The predicted octanol–water partition coefficient (Wildman–Crippen LogP) is 10.0. The van der Waals surface area contributed by atoms with Crippen LogP contribution in [0.4, 0.5) is 0 Å². The maximum Gasteiger partial charge on any atom is 0.339 e. The average Bonchev–Trinajstić information content (AvgIpc) is 3.07. The third-order valence-corrected chi connectivity index (χ3v) is 7.51. The number of esters is 4. The van der Waals surface area contributed by atoms with Crippen molar-refractivity contribution in [1.29, 1.82) is 0 Å². The van der Waals surface area contributed by atoms with Crippen LogP contribution < -0.4 is 0 Å². The second-order valence-corrected chi connectivity index (χ2v) is 12.8. The highest BCUT2D eigenvalue weighted by Crippen LogP contribution is 2.15. The highest BCUT2D eigenvalue weighted by atomic mass is 16.5. The molecule has 2 rings (SSSR count). The highest BCUT2D eigenvalue weighted by molar-refractivity contribution is 6.03. The molecule has 8 nitrogen and oxygen atoms in total. The molecule has 0 heterocycles. The Morgan fingerprint density at radius 3 is 0.958 bits per heavy atom. The van der Waals surface area contributed by atoms with Gasteiger partial charge >= 0.3 is 23.9 Å². The first kappa shape index (κ1) is 42.3. The summed E-state index contributed by atoms with van der Waals surface area (Å²) in [5.74, 6) is -0.434. The molecule has 0 aliphatic carbocycles. The van der Waals surface area contributed by atoms with E-state index < -0.39 is 23.9 Å². The fraction of sp³-hybridized carbons (Fsp3) is 0.600. The van der Waals surface area contributed by atoms with Gasteiger partial charge < -0.3 is 18.9 Å². The number of hydrogen-bond acceptors (Lipinski definition) is 8. The van der Waals surface area contributed by atoms with Gasteiger partial charge in [0.2, 0.25) is 0 Å². The molecule has 2 aromatic carbocycles. The number of hydrogen-bond donors (Lipinski definition) is 0. The molecule has 0 spiro atoms. The second-order valence-electron chi connectivity index (χ2n) is 12.8. The van der Waals surface area contributed by atoms with Crippen LogP contribution in [0.2, 0.25) is 0 Å². The fourth-order valence-electron chi connectivity index (χ4n) is 4.60. The Morgan fingerprint density at radius 2 is 0.708 bits per heavy atom. The predicted molar refractivity (Wildman–Crippen MR) is 190 cm³/mol. The van der Waals surface area contributed by atoms with Crippen molar-refractivity contribution < 1.29 is 38.1 Å². The van der Waals surface area contributed by atoms with E-state index in [-0.39, 0.29) is 22.3 Å². The summed E-state index contributed by atoms with van der Waals surface area (Å²) in [6, 6.07) is 13.3. The van der Waals surface area contributed by atoms with Crippen molar-refractivity contribution in [3.63, 3.8) is 0 Å². The first-order chi connectivity index (χ1) is 23.1. The molecule has 48 heavy (non-hydrogen) atoms. The molecule has 0 amide bonds. The van der Waals surface area contributed by atoms with Crippen LogP contribution in [0.3, 0.4) is 0 Å². The quantitative estimate of drug-likeness (QED) is 0.0693. The number of carbonyl (C=O) groups is 4. The number of carbonyl (C=O) groups excluding carboxylic acids is 4. The van der Waals surface area contributed by atoms with Gasteiger partial charge in [0.1, 0.15) is 0 Å². The summed E-state index contributed by atoms with van der Waals surface area (Å²) >= 11 is 0.